The van der Waals surface area contributed by atoms with Gasteiger partial charge in [0.05, 0.1) is 23.9 Å². The molecule has 92 valence electrons. The van der Waals surface area contributed by atoms with Gasteiger partial charge in [0.2, 0.25) is 0 Å². The Labute approximate surface area is 109 Å². The number of rotatable bonds is 4. The first-order chi connectivity index (χ1) is 8.88. The van der Waals surface area contributed by atoms with Crippen molar-refractivity contribution in [3.63, 3.8) is 0 Å². The van der Waals surface area contributed by atoms with Crippen molar-refractivity contribution >= 4 is 22.6 Å². The molecule has 5 heteroatoms. The van der Waals surface area contributed by atoms with Gasteiger partial charge in [0, 0.05) is 19.2 Å². The third-order valence-corrected chi connectivity index (χ3v) is 3.15. The molecule has 0 aromatic carbocycles. The van der Waals surface area contributed by atoms with E-state index in [4.69, 9.17) is 16.0 Å². The minimum Gasteiger partial charge on any atom is -0.469 e. The fourth-order valence-electron chi connectivity index (χ4n) is 2.06. The number of aryl methyl sites for hydroxylation is 2. The Morgan fingerprint density at radius 1 is 1.33 bits per heavy atom. The number of fused-ring (bicyclic) bond motifs is 1. The summed E-state index contributed by atoms with van der Waals surface area (Å²) in [5.41, 5.74) is 1.94. The zero-order valence-electron chi connectivity index (χ0n) is 9.71. The molecule has 0 fully saturated rings. The van der Waals surface area contributed by atoms with Gasteiger partial charge in [-0.25, -0.2) is 4.98 Å². The third kappa shape index (κ3) is 1.99. The Kier molecular flexibility index (Phi) is 3.02. The molecule has 0 spiro atoms. The standard InChI is InChI=1S/C13H12ClN3O/c14-8-13-16-11-9-15-5-3-12(11)17(13)6-4-10-2-1-7-18-10/h1-3,5,7,9H,4,6,8H2. The second kappa shape index (κ2) is 4.82. The predicted octanol–water partition coefficient (Wildman–Crippen LogP) is 3.01. The molecule has 0 bridgehead atoms. The van der Waals surface area contributed by atoms with Crippen LogP contribution in [0.15, 0.2) is 41.3 Å². The van der Waals surface area contributed by atoms with Crippen molar-refractivity contribution in [3.05, 3.63) is 48.4 Å². The van der Waals surface area contributed by atoms with Crippen LogP contribution in [0.2, 0.25) is 0 Å². The molecule has 18 heavy (non-hydrogen) atoms. The topological polar surface area (TPSA) is 43.9 Å². The number of pyridine rings is 1. The molecule has 0 unspecified atom stereocenters. The number of aromatic nitrogens is 3. The second-order valence-corrected chi connectivity index (χ2v) is 4.27. The summed E-state index contributed by atoms with van der Waals surface area (Å²) in [6.45, 7) is 0.802. The summed E-state index contributed by atoms with van der Waals surface area (Å²) in [6, 6.07) is 5.83. The van der Waals surface area contributed by atoms with Crippen molar-refractivity contribution in [2.45, 2.75) is 18.8 Å². The van der Waals surface area contributed by atoms with Crippen LogP contribution in [0, 0.1) is 0 Å². The first kappa shape index (κ1) is 11.3. The molecule has 3 aromatic rings. The van der Waals surface area contributed by atoms with Gasteiger partial charge in [-0.15, -0.1) is 11.6 Å². The summed E-state index contributed by atoms with van der Waals surface area (Å²) in [4.78, 5) is 8.54. The number of imidazole rings is 1. The van der Waals surface area contributed by atoms with Gasteiger partial charge in [0.1, 0.15) is 17.1 Å². The molecular formula is C13H12ClN3O. The maximum Gasteiger partial charge on any atom is 0.124 e. The van der Waals surface area contributed by atoms with E-state index in [1.165, 1.54) is 0 Å². The second-order valence-electron chi connectivity index (χ2n) is 4.01. The summed E-state index contributed by atoms with van der Waals surface area (Å²) in [5, 5.41) is 0. The quantitative estimate of drug-likeness (QED) is 0.678. The van der Waals surface area contributed by atoms with Crippen LogP contribution in [0.4, 0.5) is 0 Å². The Balaban J connectivity index is 1.94. The lowest BCUT2D eigenvalue weighted by molar-refractivity contribution is 0.491. The van der Waals surface area contributed by atoms with E-state index in [2.05, 4.69) is 14.5 Å². The minimum atomic E-state index is 0.396. The fourth-order valence-corrected chi connectivity index (χ4v) is 2.26. The molecule has 3 aromatic heterocycles. The lowest BCUT2D eigenvalue weighted by atomic mass is 10.3. The Morgan fingerprint density at radius 2 is 2.28 bits per heavy atom. The summed E-state index contributed by atoms with van der Waals surface area (Å²) in [6.07, 6.45) is 6.04. The van der Waals surface area contributed by atoms with Gasteiger partial charge in [0.25, 0.3) is 0 Å². The number of hydrogen-bond acceptors (Lipinski definition) is 3. The molecule has 0 saturated carbocycles. The molecule has 0 saturated heterocycles. The smallest absolute Gasteiger partial charge is 0.124 e. The molecule has 0 N–H and O–H groups in total. The Morgan fingerprint density at radius 3 is 3.06 bits per heavy atom. The van der Waals surface area contributed by atoms with Crippen LogP contribution in [0.5, 0.6) is 0 Å². The van der Waals surface area contributed by atoms with Crippen LogP contribution in [0.25, 0.3) is 11.0 Å². The molecule has 3 heterocycles. The van der Waals surface area contributed by atoms with Crippen LogP contribution >= 0.6 is 11.6 Å². The van der Waals surface area contributed by atoms with Crippen LogP contribution in [0.1, 0.15) is 11.6 Å². The van der Waals surface area contributed by atoms with Crippen molar-refractivity contribution < 1.29 is 4.42 Å². The molecule has 0 aliphatic heterocycles. The maximum absolute atomic E-state index is 5.94. The van der Waals surface area contributed by atoms with Gasteiger partial charge in [-0.1, -0.05) is 0 Å². The van der Waals surface area contributed by atoms with Crippen LogP contribution in [-0.2, 0) is 18.8 Å². The fraction of sp³-hybridized carbons (Fsp3) is 0.231. The van der Waals surface area contributed by atoms with E-state index >= 15 is 0 Å². The van der Waals surface area contributed by atoms with Crippen LogP contribution < -0.4 is 0 Å². The van der Waals surface area contributed by atoms with Gasteiger partial charge < -0.3 is 8.98 Å². The highest BCUT2D eigenvalue weighted by Crippen LogP contribution is 2.17. The molecule has 3 rings (SSSR count). The first-order valence-electron chi connectivity index (χ1n) is 5.76. The van der Waals surface area contributed by atoms with Crippen molar-refractivity contribution in [3.8, 4) is 0 Å². The predicted molar refractivity (Wildman–Crippen MR) is 69.5 cm³/mol. The van der Waals surface area contributed by atoms with E-state index in [9.17, 15) is 0 Å². The Hall–Kier alpha value is -1.81. The minimum absolute atomic E-state index is 0.396. The van der Waals surface area contributed by atoms with Crippen molar-refractivity contribution in [2.24, 2.45) is 0 Å². The molecule has 0 aliphatic carbocycles. The molecule has 0 amide bonds. The largest absolute Gasteiger partial charge is 0.469 e. The van der Waals surface area contributed by atoms with E-state index in [1.807, 2.05) is 18.2 Å². The van der Waals surface area contributed by atoms with E-state index in [0.29, 0.717) is 5.88 Å². The zero-order chi connectivity index (χ0) is 12.4. The van der Waals surface area contributed by atoms with E-state index in [-0.39, 0.29) is 0 Å². The molecule has 4 nitrogen and oxygen atoms in total. The molecule has 0 atom stereocenters. The molecule has 0 radical (unpaired) electrons. The molecule has 0 aliphatic rings. The summed E-state index contributed by atoms with van der Waals surface area (Å²) in [7, 11) is 0. The van der Waals surface area contributed by atoms with Gasteiger partial charge in [-0.05, 0) is 18.2 Å². The van der Waals surface area contributed by atoms with Crippen LogP contribution in [0.3, 0.4) is 0 Å². The van der Waals surface area contributed by atoms with Gasteiger partial charge in [-0.3, -0.25) is 4.98 Å². The molecular weight excluding hydrogens is 250 g/mol. The maximum atomic E-state index is 5.94. The normalized spacial score (nSPS) is 11.2. The van der Waals surface area contributed by atoms with Crippen LogP contribution in [-0.4, -0.2) is 14.5 Å². The number of furan rings is 1. The number of hydrogen-bond donors (Lipinski definition) is 0. The average Bonchev–Trinajstić information content (AvgIpc) is 3.03. The summed E-state index contributed by atoms with van der Waals surface area (Å²) >= 11 is 5.94. The van der Waals surface area contributed by atoms with Crippen molar-refractivity contribution in [2.75, 3.05) is 0 Å². The third-order valence-electron chi connectivity index (χ3n) is 2.91. The van der Waals surface area contributed by atoms with Crippen molar-refractivity contribution in [1.82, 2.24) is 14.5 Å². The van der Waals surface area contributed by atoms with Gasteiger partial charge in [-0.2, -0.15) is 0 Å². The van der Waals surface area contributed by atoms with Crippen molar-refractivity contribution in [1.29, 1.82) is 0 Å². The number of nitrogens with zero attached hydrogens (tertiary/aromatic N) is 3. The van der Waals surface area contributed by atoms with E-state index < -0.39 is 0 Å². The SMILES string of the molecule is ClCc1nc2cnccc2n1CCc1ccco1. The lowest BCUT2D eigenvalue weighted by Crippen LogP contribution is -2.04. The Bertz CT molecular complexity index is 645. The van der Waals surface area contributed by atoms with Gasteiger partial charge >= 0.3 is 0 Å². The van der Waals surface area contributed by atoms with E-state index in [0.717, 1.165) is 35.6 Å². The number of alkyl halides is 1. The highest BCUT2D eigenvalue weighted by molar-refractivity contribution is 6.16. The number of halogens is 1. The summed E-state index contributed by atoms with van der Waals surface area (Å²) < 4.78 is 7.46. The lowest BCUT2D eigenvalue weighted by Gasteiger charge is -2.05. The highest BCUT2D eigenvalue weighted by Gasteiger charge is 2.10. The van der Waals surface area contributed by atoms with E-state index in [1.54, 1.807) is 18.7 Å². The average molecular weight is 262 g/mol. The monoisotopic (exact) mass is 261 g/mol. The van der Waals surface area contributed by atoms with Gasteiger partial charge in [0.15, 0.2) is 0 Å². The summed E-state index contributed by atoms with van der Waals surface area (Å²) in [5.74, 6) is 2.23. The highest BCUT2D eigenvalue weighted by atomic mass is 35.5. The first-order valence-corrected chi connectivity index (χ1v) is 6.29. The zero-order valence-corrected chi connectivity index (χ0v) is 10.5.